The van der Waals surface area contributed by atoms with Gasteiger partial charge in [0.15, 0.2) is 4.34 Å². The topological polar surface area (TPSA) is 111 Å². The lowest BCUT2D eigenvalue weighted by Crippen LogP contribution is -2.19. The molecule has 8 nitrogen and oxygen atoms in total. The smallest absolute Gasteiger partial charge is 0.280 e. The van der Waals surface area contributed by atoms with Crippen LogP contribution in [0.1, 0.15) is 11.3 Å². The van der Waals surface area contributed by atoms with Crippen LogP contribution in [0.5, 0.6) is 0 Å². The summed E-state index contributed by atoms with van der Waals surface area (Å²) in [7, 11) is 0. The van der Waals surface area contributed by atoms with Crippen molar-refractivity contribution < 1.29 is 14.1 Å². The van der Waals surface area contributed by atoms with Crippen LogP contribution in [0.15, 0.2) is 68.5 Å². The fourth-order valence-corrected chi connectivity index (χ4v) is 4.67. The predicted molar refractivity (Wildman–Crippen MR) is 122 cm³/mol. The molecule has 0 unspecified atom stereocenters. The third kappa shape index (κ3) is 4.98. The van der Waals surface area contributed by atoms with E-state index in [0.29, 0.717) is 17.1 Å². The van der Waals surface area contributed by atoms with Crippen molar-refractivity contribution in [1.82, 2.24) is 10.4 Å². The number of fused-ring (bicyclic) bond motifs is 1. The van der Waals surface area contributed by atoms with Gasteiger partial charge in [-0.1, -0.05) is 30.0 Å². The van der Waals surface area contributed by atoms with E-state index in [1.54, 1.807) is 31.2 Å². The van der Waals surface area contributed by atoms with Crippen molar-refractivity contribution in [3.05, 3.63) is 76.0 Å². The van der Waals surface area contributed by atoms with Gasteiger partial charge in [0.2, 0.25) is 0 Å². The molecule has 2 heterocycles. The zero-order chi connectivity index (χ0) is 21.8. The van der Waals surface area contributed by atoms with Crippen LogP contribution in [-0.2, 0) is 4.79 Å². The van der Waals surface area contributed by atoms with Crippen molar-refractivity contribution in [3.8, 4) is 11.3 Å². The molecule has 0 saturated carbocycles. The fourth-order valence-electron chi connectivity index (χ4n) is 2.81. The number of hydrogen-bond donors (Lipinski definition) is 1. The van der Waals surface area contributed by atoms with Gasteiger partial charge < -0.3 is 4.42 Å². The van der Waals surface area contributed by atoms with Crippen molar-refractivity contribution in [2.45, 2.75) is 11.3 Å². The summed E-state index contributed by atoms with van der Waals surface area (Å²) in [6, 6.07) is 16.0. The Morgan fingerprint density at radius 1 is 1.29 bits per heavy atom. The molecule has 0 fully saturated rings. The number of nitro groups is 1. The summed E-state index contributed by atoms with van der Waals surface area (Å²) in [6.07, 6.45) is 1.35. The van der Waals surface area contributed by atoms with Gasteiger partial charge in [-0.15, -0.1) is 11.3 Å². The number of nitro benzene ring substituents is 1. The Morgan fingerprint density at radius 3 is 2.94 bits per heavy atom. The van der Waals surface area contributed by atoms with Gasteiger partial charge in [-0.2, -0.15) is 5.10 Å². The highest BCUT2D eigenvalue weighted by Crippen LogP contribution is 2.32. The number of nitrogens with zero attached hydrogens (tertiary/aromatic N) is 3. The average Bonchev–Trinajstić information content (AvgIpc) is 3.39. The molecule has 31 heavy (non-hydrogen) atoms. The predicted octanol–water partition coefficient (Wildman–Crippen LogP) is 5.02. The Hall–Kier alpha value is -3.50. The minimum Gasteiger partial charge on any atom is -0.455 e. The second kappa shape index (κ2) is 9.11. The molecule has 0 aliphatic rings. The highest BCUT2D eigenvalue weighted by atomic mass is 32.2. The van der Waals surface area contributed by atoms with Gasteiger partial charge in [0.1, 0.15) is 11.5 Å². The van der Waals surface area contributed by atoms with Crippen LogP contribution in [0.2, 0.25) is 0 Å². The van der Waals surface area contributed by atoms with E-state index in [9.17, 15) is 14.9 Å². The van der Waals surface area contributed by atoms with E-state index in [2.05, 4.69) is 15.5 Å². The third-order valence-electron chi connectivity index (χ3n) is 4.22. The Bertz CT molecular complexity index is 1260. The molecule has 0 saturated heterocycles. The monoisotopic (exact) mass is 452 g/mol. The normalized spacial score (nSPS) is 11.3. The van der Waals surface area contributed by atoms with Gasteiger partial charge in [0.25, 0.3) is 11.6 Å². The van der Waals surface area contributed by atoms with Crippen LogP contribution < -0.4 is 5.43 Å². The lowest BCUT2D eigenvalue weighted by atomic mass is 10.1. The van der Waals surface area contributed by atoms with Crippen LogP contribution in [-0.4, -0.2) is 27.8 Å². The number of furan rings is 1. The number of hydrazone groups is 1. The molecule has 0 spiro atoms. The van der Waals surface area contributed by atoms with Gasteiger partial charge >= 0.3 is 0 Å². The first-order chi connectivity index (χ1) is 15.0. The number of carbonyl (C=O) groups is 1. The van der Waals surface area contributed by atoms with Gasteiger partial charge in [-0.05, 0) is 42.8 Å². The Labute approximate surface area is 185 Å². The number of nitrogens with one attached hydrogen (secondary N) is 1. The van der Waals surface area contributed by atoms with Crippen molar-refractivity contribution in [2.75, 3.05) is 5.75 Å². The molecule has 156 valence electrons. The molecule has 0 aliphatic heterocycles. The van der Waals surface area contributed by atoms with Crippen molar-refractivity contribution in [2.24, 2.45) is 5.10 Å². The highest BCUT2D eigenvalue weighted by molar-refractivity contribution is 8.01. The van der Waals surface area contributed by atoms with Crippen molar-refractivity contribution in [3.63, 3.8) is 0 Å². The summed E-state index contributed by atoms with van der Waals surface area (Å²) in [5, 5.41) is 15.2. The summed E-state index contributed by atoms with van der Waals surface area (Å²) in [5.41, 5.74) is 4.49. The second-order valence-electron chi connectivity index (χ2n) is 6.51. The Kier molecular flexibility index (Phi) is 6.10. The van der Waals surface area contributed by atoms with Crippen LogP contribution in [0.3, 0.4) is 0 Å². The van der Waals surface area contributed by atoms with Crippen LogP contribution in [0.25, 0.3) is 21.5 Å². The molecule has 0 aliphatic carbocycles. The number of thiazole rings is 1. The lowest BCUT2D eigenvalue weighted by Gasteiger charge is -2.01. The van der Waals surface area contributed by atoms with Crippen LogP contribution >= 0.6 is 23.1 Å². The molecular weight excluding hydrogens is 436 g/mol. The summed E-state index contributed by atoms with van der Waals surface area (Å²) >= 11 is 2.88. The standard InChI is InChI=1S/C21H16N4O4S2/c1-13-6-8-15(17(10-13)25(27)28)18-9-7-14(29-18)11-22-24-20(26)12-30-21-23-16-4-2-3-5-19(16)31-21/h2-11H,12H2,1H3,(H,24,26)/b22-11-. The van der Waals surface area contributed by atoms with E-state index in [1.807, 2.05) is 24.3 Å². The molecular formula is C21H16N4O4S2. The molecule has 2 aromatic carbocycles. The van der Waals surface area contributed by atoms with Gasteiger partial charge in [0, 0.05) is 6.07 Å². The number of benzene rings is 2. The zero-order valence-corrected chi connectivity index (χ0v) is 17.9. The summed E-state index contributed by atoms with van der Waals surface area (Å²) in [5.74, 6) is 0.618. The Balaban J connectivity index is 1.35. The maximum Gasteiger partial charge on any atom is 0.280 e. The number of amides is 1. The highest BCUT2D eigenvalue weighted by Gasteiger charge is 2.18. The van der Waals surface area contributed by atoms with Gasteiger partial charge in [-0.25, -0.2) is 10.4 Å². The average molecular weight is 453 g/mol. The van der Waals surface area contributed by atoms with Crippen LogP contribution in [0, 0.1) is 17.0 Å². The van der Waals surface area contributed by atoms with Gasteiger partial charge in [0.05, 0.1) is 32.7 Å². The minimum atomic E-state index is -0.443. The molecule has 1 N–H and O–H groups in total. The number of aromatic nitrogens is 1. The lowest BCUT2D eigenvalue weighted by molar-refractivity contribution is -0.384. The molecule has 0 atom stereocenters. The number of para-hydroxylation sites is 1. The molecule has 4 aromatic rings. The largest absolute Gasteiger partial charge is 0.455 e. The minimum absolute atomic E-state index is 0.0296. The quantitative estimate of drug-likeness (QED) is 0.182. The first-order valence-corrected chi connectivity index (χ1v) is 11.0. The first-order valence-electron chi connectivity index (χ1n) is 9.15. The number of hydrogen-bond acceptors (Lipinski definition) is 8. The van der Waals surface area contributed by atoms with E-state index in [0.717, 1.165) is 20.1 Å². The van der Waals surface area contributed by atoms with E-state index in [-0.39, 0.29) is 17.3 Å². The zero-order valence-electron chi connectivity index (χ0n) is 16.3. The number of aryl methyl sites for hydroxylation is 1. The number of rotatable bonds is 7. The maximum atomic E-state index is 12.0. The Morgan fingerprint density at radius 2 is 2.13 bits per heavy atom. The molecule has 1 amide bonds. The van der Waals surface area contributed by atoms with E-state index in [4.69, 9.17) is 4.42 Å². The first kappa shape index (κ1) is 20.8. The molecule has 10 heteroatoms. The molecule has 4 rings (SSSR count). The summed E-state index contributed by atoms with van der Waals surface area (Å²) in [6.45, 7) is 1.79. The van der Waals surface area contributed by atoms with Gasteiger partial charge in [-0.3, -0.25) is 14.9 Å². The molecule has 0 bridgehead atoms. The number of thioether (sulfide) groups is 1. The van der Waals surface area contributed by atoms with Crippen molar-refractivity contribution in [1.29, 1.82) is 0 Å². The van der Waals surface area contributed by atoms with Crippen LogP contribution in [0.4, 0.5) is 5.69 Å². The van der Waals surface area contributed by atoms with E-state index in [1.165, 1.54) is 35.4 Å². The maximum absolute atomic E-state index is 12.0. The van der Waals surface area contributed by atoms with Crippen molar-refractivity contribution >= 4 is 51.1 Å². The third-order valence-corrected chi connectivity index (χ3v) is 6.40. The fraction of sp³-hybridized carbons (Fsp3) is 0.0952. The SMILES string of the molecule is Cc1ccc(-c2ccc(/C=N\NC(=O)CSc3nc4ccccc4s3)o2)c([N+](=O)[O-])c1. The molecule has 0 radical (unpaired) electrons. The second-order valence-corrected chi connectivity index (χ2v) is 8.76. The molecule has 2 aromatic heterocycles. The summed E-state index contributed by atoms with van der Waals surface area (Å²) in [4.78, 5) is 27.4. The number of carbonyl (C=O) groups excluding carboxylic acids is 1. The van der Waals surface area contributed by atoms with E-state index < -0.39 is 4.92 Å². The van der Waals surface area contributed by atoms with E-state index >= 15 is 0 Å². The summed E-state index contributed by atoms with van der Waals surface area (Å²) < 4.78 is 7.52.